The fourth-order valence-corrected chi connectivity index (χ4v) is 1.10. The minimum Gasteiger partial charge on any atom is -0.504 e. The van der Waals surface area contributed by atoms with Crippen molar-refractivity contribution in [3.05, 3.63) is 46.8 Å². The van der Waals surface area contributed by atoms with E-state index in [2.05, 4.69) is 9.97 Å². The Bertz CT molecular complexity index is 542. The van der Waals surface area contributed by atoms with Crippen LogP contribution in [0.15, 0.2) is 36.7 Å². The molecule has 1 aromatic carbocycles. The molecule has 0 radical (unpaired) electrons. The predicted molar refractivity (Wildman–Crippen MR) is 56.9 cm³/mol. The van der Waals surface area contributed by atoms with Gasteiger partial charge in [0.05, 0.1) is 4.92 Å². The number of nitro groups is 1. The van der Waals surface area contributed by atoms with Crippen LogP contribution in [0.5, 0.6) is 17.5 Å². The molecule has 0 amide bonds. The molecular weight excluding hydrogens is 226 g/mol. The number of phenols is 1. The molecule has 17 heavy (non-hydrogen) atoms. The summed E-state index contributed by atoms with van der Waals surface area (Å²) in [5.41, 5.74) is -0.227. The van der Waals surface area contributed by atoms with Crippen molar-refractivity contribution in [3.63, 3.8) is 0 Å². The number of phenolic OH excluding ortho intramolecular Hbond substituents is 1. The van der Waals surface area contributed by atoms with Gasteiger partial charge >= 0.3 is 11.7 Å². The van der Waals surface area contributed by atoms with E-state index in [1.807, 2.05) is 0 Å². The summed E-state index contributed by atoms with van der Waals surface area (Å²) in [7, 11) is 0. The maximum atomic E-state index is 10.4. The van der Waals surface area contributed by atoms with E-state index in [0.29, 0.717) is 0 Å². The number of aromatic hydroxyl groups is 1. The topological polar surface area (TPSA) is 98.4 Å². The molecule has 1 heterocycles. The lowest BCUT2D eigenvalue weighted by Gasteiger charge is -2.04. The highest BCUT2D eigenvalue weighted by Gasteiger charge is 2.09. The Labute approximate surface area is 95.5 Å². The smallest absolute Gasteiger partial charge is 0.322 e. The van der Waals surface area contributed by atoms with Crippen LogP contribution in [-0.4, -0.2) is 20.0 Å². The maximum absolute atomic E-state index is 10.4. The molecular formula is C10H7N3O4. The molecule has 1 aromatic heterocycles. The lowest BCUT2D eigenvalue weighted by molar-refractivity contribution is -0.385. The first-order valence-electron chi connectivity index (χ1n) is 4.59. The number of rotatable bonds is 3. The Morgan fingerprint density at radius 2 is 1.88 bits per heavy atom. The minimum atomic E-state index is -0.607. The van der Waals surface area contributed by atoms with Gasteiger partial charge in [0.15, 0.2) is 11.5 Å². The van der Waals surface area contributed by atoms with Crippen molar-refractivity contribution in [2.24, 2.45) is 0 Å². The van der Waals surface area contributed by atoms with E-state index in [-0.39, 0.29) is 23.2 Å². The molecule has 0 aliphatic rings. The van der Waals surface area contributed by atoms with Gasteiger partial charge in [-0.25, -0.2) is 0 Å². The number of nitrogens with zero attached hydrogens (tertiary/aromatic N) is 3. The van der Waals surface area contributed by atoms with E-state index >= 15 is 0 Å². The molecule has 0 aliphatic carbocycles. The molecule has 2 rings (SSSR count). The van der Waals surface area contributed by atoms with E-state index in [0.717, 1.165) is 12.4 Å². The van der Waals surface area contributed by atoms with Crippen molar-refractivity contribution in [1.82, 2.24) is 9.97 Å². The molecule has 7 nitrogen and oxygen atoms in total. The van der Waals surface area contributed by atoms with Gasteiger partial charge in [0, 0.05) is 0 Å². The van der Waals surface area contributed by atoms with E-state index in [9.17, 15) is 15.2 Å². The van der Waals surface area contributed by atoms with Crippen molar-refractivity contribution in [2.75, 3.05) is 0 Å². The summed E-state index contributed by atoms with van der Waals surface area (Å²) < 4.78 is 5.15. The molecule has 2 aromatic rings. The molecule has 0 saturated carbocycles. The summed E-state index contributed by atoms with van der Waals surface area (Å²) in [5.74, 6) is 0.121. The van der Waals surface area contributed by atoms with Gasteiger partial charge in [-0.2, -0.15) is 9.97 Å². The Kier molecular flexibility index (Phi) is 2.82. The van der Waals surface area contributed by atoms with E-state index in [1.54, 1.807) is 12.1 Å². The van der Waals surface area contributed by atoms with E-state index < -0.39 is 4.92 Å². The third-order valence-electron chi connectivity index (χ3n) is 1.89. The molecule has 0 atom stereocenters. The Morgan fingerprint density at radius 1 is 1.24 bits per heavy atom. The van der Waals surface area contributed by atoms with Gasteiger partial charge in [-0.15, -0.1) is 0 Å². The summed E-state index contributed by atoms with van der Waals surface area (Å²) >= 11 is 0. The summed E-state index contributed by atoms with van der Waals surface area (Å²) in [6.07, 6.45) is 2.06. The molecule has 0 unspecified atom stereocenters. The highest BCUT2D eigenvalue weighted by molar-refractivity contribution is 5.39. The molecule has 1 N–H and O–H groups in total. The van der Waals surface area contributed by atoms with Crippen LogP contribution in [0.25, 0.3) is 0 Å². The first-order valence-corrected chi connectivity index (χ1v) is 4.59. The first kappa shape index (κ1) is 10.8. The zero-order chi connectivity index (χ0) is 12.3. The second-order valence-corrected chi connectivity index (χ2v) is 3.05. The molecule has 86 valence electrons. The molecule has 0 bridgehead atoms. The van der Waals surface area contributed by atoms with Crippen LogP contribution in [0, 0.1) is 10.1 Å². The van der Waals surface area contributed by atoms with Crippen LogP contribution in [0.1, 0.15) is 0 Å². The van der Waals surface area contributed by atoms with Crippen molar-refractivity contribution in [2.45, 2.75) is 0 Å². The van der Waals surface area contributed by atoms with Crippen molar-refractivity contribution in [3.8, 4) is 17.5 Å². The van der Waals surface area contributed by atoms with Gasteiger partial charge < -0.3 is 9.84 Å². The number of aromatic nitrogens is 2. The second kappa shape index (κ2) is 4.44. The SMILES string of the molecule is O=[N+]([O-])c1cnc(Oc2ccccc2O)nc1. The predicted octanol–water partition coefficient (Wildman–Crippen LogP) is 1.88. The highest BCUT2D eigenvalue weighted by atomic mass is 16.6. The maximum Gasteiger partial charge on any atom is 0.322 e. The number of hydrogen-bond donors (Lipinski definition) is 1. The van der Waals surface area contributed by atoms with Crippen LogP contribution in [0.4, 0.5) is 5.69 Å². The molecule has 0 fully saturated rings. The largest absolute Gasteiger partial charge is 0.504 e. The standard InChI is InChI=1S/C10H7N3O4/c14-8-3-1-2-4-9(8)17-10-11-5-7(6-12-10)13(15)16/h1-6,14H. The highest BCUT2D eigenvalue weighted by Crippen LogP contribution is 2.28. The van der Waals surface area contributed by atoms with Crippen molar-refractivity contribution < 1.29 is 14.8 Å². The summed E-state index contributed by atoms with van der Waals surface area (Å²) in [6.45, 7) is 0. The lowest BCUT2D eigenvalue weighted by atomic mass is 10.3. The zero-order valence-corrected chi connectivity index (χ0v) is 8.48. The second-order valence-electron chi connectivity index (χ2n) is 3.05. The summed E-state index contributed by atoms with van der Waals surface area (Å²) in [5, 5.41) is 19.8. The quantitative estimate of drug-likeness (QED) is 0.641. The summed E-state index contributed by atoms with van der Waals surface area (Å²) in [6, 6.07) is 6.21. The van der Waals surface area contributed by atoms with Crippen molar-refractivity contribution >= 4 is 5.69 Å². The first-order chi connectivity index (χ1) is 8.16. The number of hydrogen-bond acceptors (Lipinski definition) is 6. The van der Waals surface area contributed by atoms with Gasteiger partial charge in [-0.1, -0.05) is 12.1 Å². The summed E-state index contributed by atoms with van der Waals surface area (Å²) in [4.78, 5) is 17.1. The zero-order valence-electron chi connectivity index (χ0n) is 8.48. The average Bonchev–Trinajstić information content (AvgIpc) is 2.33. The van der Waals surface area contributed by atoms with E-state index in [1.165, 1.54) is 12.1 Å². The van der Waals surface area contributed by atoms with Gasteiger partial charge in [-0.05, 0) is 12.1 Å². The minimum absolute atomic E-state index is 0.0607. The van der Waals surface area contributed by atoms with Crippen LogP contribution in [0.2, 0.25) is 0 Å². The third kappa shape index (κ3) is 2.46. The molecule has 7 heteroatoms. The van der Waals surface area contributed by atoms with Crippen LogP contribution in [-0.2, 0) is 0 Å². The Balaban J connectivity index is 2.20. The fraction of sp³-hybridized carbons (Fsp3) is 0. The molecule has 0 saturated heterocycles. The van der Waals surface area contributed by atoms with Gasteiger partial charge in [0.1, 0.15) is 12.4 Å². The van der Waals surface area contributed by atoms with Crippen LogP contribution >= 0.6 is 0 Å². The Hall–Kier alpha value is -2.70. The lowest BCUT2D eigenvalue weighted by Crippen LogP contribution is -1.94. The fourth-order valence-electron chi connectivity index (χ4n) is 1.10. The van der Waals surface area contributed by atoms with Gasteiger partial charge in [-0.3, -0.25) is 10.1 Å². The van der Waals surface area contributed by atoms with Crippen LogP contribution in [0.3, 0.4) is 0 Å². The number of benzene rings is 1. The van der Waals surface area contributed by atoms with Gasteiger partial charge in [0.2, 0.25) is 0 Å². The van der Waals surface area contributed by atoms with Crippen LogP contribution < -0.4 is 4.74 Å². The normalized spacial score (nSPS) is 9.88. The third-order valence-corrected chi connectivity index (χ3v) is 1.89. The molecule has 0 spiro atoms. The number of ether oxygens (including phenoxy) is 1. The molecule has 0 aliphatic heterocycles. The van der Waals surface area contributed by atoms with E-state index in [4.69, 9.17) is 4.74 Å². The number of para-hydroxylation sites is 2. The van der Waals surface area contributed by atoms with Gasteiger partial charge in [0.25, 0.3) is 0 Å². The average molecular weight is 233 g/mol. The Morgan fingerprint density at radius 3 is 2.47 bits per heavy atom. The van der Waals surface area contributed by atoms with Crippen molar-refractivity contribution in [1.29, 1.82) is 0 Å². The monoisotopic (exact) mass is 233 g/mol.